The summed E-state index contributed by atoms with van der Waals surface area (Å²) < 4.78 is 4.82. The van der Waals surface area contributed by atoms with E-state index in [-0.39, 0.29) is 6.10 Å². The van der Waals surface area contributed by atoms with Crippen molar-refractivity contribution in [3.05, 3.63) is 0 Å². The molecule has 0 aromatic rings. The van der Waals surface area contributed by atoms with Gasteiger partial charge in [-0.3, -0.25) is 0 Å². The number of unbranched alkanes of at least 4 members (excludes halogenated alkanes) is 2. The van der Waals surface area contributed by atoms with Gasteiger partial charge < -0.3 is 4.74 Å². The molecule has 0 rings (SSSR count). The van der Waals surface area contributed by atoms with Gasteiger partial charge in [-0.1, -0.05) is 19.8 Å². The lowest BCUT2D eigenvalue weighted by molar-refractivity contribution is 0.114. The molecule has 0 aliphatic rings. The van der Waals surface area contributed by atoms with Crippen LogP contribution >= 0.6 is 0 Å². The predicted molar refractivity (Wildman–Crippen MR) is 48.1 cm³/mol. The van der Waals surface area contributed by atoms with Crippen LogP contribution in [0.5, 0.6) is 0 Å². The molecular weight excluding hydrogens is 154 g/mol. The number of ether oxygens (including phenoxy) is 1. The maximum absolute atomic E-state index is 10.8. The van der Waals surface area contributed by atoms with E-state index in [9.17, 15) is 4.79 Å². The number of nitrogens with zero attached hydrogens (tertiary/aromatic N) is 1. The highest BCUT2D eigenvalue weighted by Gasteiger charge is 2.04. The minimum Gasteiger partial charge on any atom is -0.445 e. The minimum absolute atomic E-state index is 0.0626. The molecule has 0 fully saturated rings. The summed E-state index contributed by atoms with van der Waals surface area (Å²) in [5, 5.41) is 3.74. The third-order valence-electron chi connectivity index (χ3n) is 1.34. The molecule has 0 bridgehead atoms. The van der Waals surface area contributed by atoms with Gasteiger partial charge in [0.25, 0.3) is 0 Å². The van der Waals surface area contributed by atoms with E-state index in [0.29, 0.717) is 6.54 Å². The second kappa shape index (κ2) is 6.95. The maximum atomic E-state index is 10.8. The molecule has 0 aliphatic carbocycles. The molecule has 0 spiro atoms. The molecule has 0 saturated carbocycles. The van der Waals surface area contributed by atoms with Gasteiger partial charge in [0.2, 0.25) is 0 Å². The molecule has 0 atom stereocenters. The van der Waals surface area contributed by atoms with Gasteiger partial charge in [0, 0.05) is 6.54 Å². The Hall–Kier alpha value is -0.730. The smallest absolute Gasteiger partial charge is 0.429 e. The van der Waals surface area contributed by atoms with Gasteiger partial charge in [0.15, 0.2) is 0 Å². The molecule has 12 heavy (non-hydrogen) atoms. The first-order chi connectivity index (χ1) is 5.66. The van der Waals surface area contributed by atoms with E-state index >= 15 is 0 Å². The van der Waals surface area contributed by atoms with Crippen LogP contribution in [-0.2, 0) is 4.74 Å². The van der Waals surface area contributed by atoms with Crippen LogP contribution < -0.4 is 5.32 Å². The van der Waals surface area contributed by atoms with Crippen LogP contribution in [0, 0.1) is 0 Å². The Bertz CT molecular complexity index is 124. The van der Waals surface area contributed by atoms with Crippen LogP contribution in [-0.4, -0.2) is 18.7 Å². The highest BCUT2D eigenvalue weighted by molar-refractivity contribution is 5.66. The van der Waals surface area contributed by atoms with Gasteiger partial charge in [-0.2, -0.15) is 0 Å². The van der Waals surface area contributed by atoms with Gasteiger partial charge in [-0.25, -0.2) is 10.1 Å². The first-order valence-electron chi connectivity index (χ1n) is 4.55. The molecule has 0 saturated heterocycles. The van der Waals surface area contributed by atoms with Crippen molar-refractivity contribution in [2.75, 3.05) is 6.54 Å². The number of carbonyl (C=O) groups is 1. The molecule has 71 valence electrons. The highest BCUT2D eigenvalue weighted by atomic mass is 16.6. The van der Waals surface area contributed by atoms with E-state index in [1.807, 2.05) is 13.8 Å². The Morgan fingerprint density at radius 2 is 2.08 bits per heavy atom. The van der Waals surface area contributed by atoms with Crippen molar-refractivity contribution in [3.63, 3.8) is 0 Å². The second-order valence-corrected chi connectivity index (χ2v) is 3.02. The molecule has 0 unspecified atom stereocenters. The van der Waals surface area contributed by atoms with Crippen LogP contribution in [0.3, 0.4) is 0 Å². The molecule has 0 N–H and O–H groups in total. The van der Waals surface area contributed by atoms with E-state index in [1.165, 1.54) is 0 Å². The summed E-state index contributed by atoms with van der Waals surface area (Å²) in [7, 11) is 0. The minimum atomic E-state index is -0.430. The maximum Gasteiger partial charge on any atom is 0.429 e. The van der Waals surface area contributed by atoms with E-state index in [1.54, 1.807) is 0 Å². The number of amides is 1. The summed E-state index contributed by atoms with van der Waals surface area (Å²) >= 11 is 0. The third-order valence-corrected chi connectivity index (χ3v) is 1.34. The Balaban J connectivity index is 3.20. The number of hydrogen-bond donors (Lipinski definition) is 0. The van der Waals surface area contributed by atoms with Crippen molar-refractivity contribution < 1.29 is 9.53 Å². The summed E-state index contributed by atoms with van der Waals surface area (Å²) in [6.45, 7) is 6.35. The standard InChI is InChI=1S/C9H18NO2/c1-4-5-6-7-10-9(11)12-8(2)3/h8H,4-7H2,1-3H3. The fourth-order valence-corrected chi connectivity index (χ4v) is 0.771. The molecule has 0 heterocycles. The Kier molecular flexibility index (Phi) is 6.53. The van der Waals surface area contributed by atoms with Crippen molar-refractivity contribution in [1.82, 2.24) is 5.32 Å². The summed E-state index contributed by atoms with van der Waals surface area (Å²) in [5.41, 5.74) is 0. The molecular formula is C9H18NO2. The van der Waals surface area contributed by atoms with E-state index in [4.69, 9.17) is 4.74 Å². The fraction of sp³-hybridized carbons (Fsp3) is 0.889. The lowest BCUT2D eigenvalue weighted by Crippen LogP contribution is -2.21. The predicted octanol–water partition coefficient (Wildman–Crippen LogP) is 2.33. The summed E-state index contributed by atoms with van der Waals surface area (Å²) in [5.74, 6) is 0. The fourth-order valence-electron chi connectivity index (χ4n) is 0.771. The first-order valence-corrected chi connectivity index (χ1v) is 4.55. The molecule has 0 aliphatic heterocycles. The van der Waals surface area contributed by atoms with Gasteiger partial charge in [-0.05, 0) is 20.3 Å². The monoisotopic (exact) mass is 172 g/mol. The SMILES string of the molecule is CCCCC[N]C(=O)OC(C)C. The van der Waals surface area contributed by atoms with Crippen molar-refractivity contribution in [2.45, 2.75) is 46.1 Å². The Labute approximate surface area is 74.5 Å². The van der Waals surface area contributed by atoms with Gasteiger partial charge >= 0.3 is 6.09 Å². The van der Waals surface area contributed by atoms with E-state index < -0.39 is 6.09 Å². The van der Waals surface area contributed by atoms with Gasteiger partial charge in [0.1, 0.15) is 0 Å². The second-order valence-electron chi connectivity index (χ2n) is 3.02. The average Bonchev–Trinajstić information content (AvgIpc) is 1.97. The molecule has 0 aromatic heterocycles. The number of rotatable bonds is 5. The number of hydrogen-bond acceptors (Lipinski definition) is 2. The van der Waals surface area contributed by atoms with Crippen molar-refractivity contribution in [2.24, 2.45) is 0 Å². The van der Waals surface area contributed by atoms with Gasteiger partial charge in [-0.15, -0.1) is 0 Å². The zero-order valence-electron chi connectivity index (χ0n) is 8.17. The van der Waals surface area contributed by atoms with Crippen molar-refractivity contribution in [3.8, 4) is 0 Å². The van der Waals surface area contributed by atoms with Crippen LogP contribution in [0.25, 0.3) is 0 Å². The molecule has 1 amide bonds. The molecule has 0 aromatic carbocycles. The van der Waals surface area contributed by atoms with Crippen molar-refractivity contribution >= 4 is 6.09 Å². The van der Waals surface area contributed by atoms with Crippen LogP contribution in [0.15, 0.2) is 0 Å². The lowest BCUT2D eigenvalue weighted by atomic mass is 10.2. The number of carbonyl (C=O) groups excluding carboxylic acids is 1. The quantitative estimate of drug-likeness (QED) is 0.597. The van der Waals surface area contributed by atoms with E-state index in [0.717, 1.165) is 19.3 Å². The third kappa shape index (κ3) is 7.38. The van der Waals surface area contributed by atoms with Crippen LogP contribution in [0.4, 0.5) is 4.79 Å². The zero-order valence-corrected chi connectivity index (χ0v) is 8.17. The summed E-state index contributed by atoms with van der Waals surface area (Å²) in [4.78, 5) is 10.8. The Morgan fingerprint density at radius 1 is 1.42 bits per heavy atom. The zero-order chi connectivity index (χ0) is 9.40. The van der Waals surface area contributed by atoms with Gasteiger partial charge in [0.05, 0.1) is 6.10 Å². The molecule has 3 heteroatoms. The van der Waals surface area contributed by atoms with E-state index in [2.05, 4.69) is 12.2 Å². The largest absolute Gasteiger partial charge is 0.445 e. The van der Waals surface area contributed by atoms with Crippen molar-refractivity contribution in [1.29, 1.82) is 0 Å². The first kappa shape index (κ1) is 11.3. The summed E-state index contributed by atoms with van der Waals surface area (Å²) in [6.07, 6.45) is 2.75. The van der Waals surface area contributed by atoms with Crippen LogP contribution in [0.1, 0.15) is 40.0 Å². The average molecular weight is 172 g/mol. The highest BCUT2D eigenvalue weighted by Crippen LogP contribution is 1.94. The normalized spacial score (nSPS) is 10.0. The lowest BCUT2D eigenvalue weighted by Gasteiger charge is -2.06. The topological polar surface area (TPSA) is 40.4 Å². The molecule has 1 radical (unpaired) electrons. The van der Waals surface area contributed by atoms with Crippen LogP contribution in [0.2, 0.25) is 0 Å². The summed E-state index contributed by atoms with van der Waals surface area (Å²) in [6, 6.07) is 0. The Morgan fingerprint density at radius 3 is 2.58 bits per heavy atom. The molecule has 3 nitrogen and oxygen atoms in total.